The van der Waals surface area contributed by atoms with Gasteiger partial charge in [-0.1, -0.05) is 60.7 Å². The third-order valence-electron chi connectivity index (χ3n) is 6.39. The Bertz CT molecular complexity index is 1260. The van der Waals surface area contributed by atoms with Crippen LogP contribution in [0.25, 0.3) is 0 Å². The summed E-state index contributed by atoms with van der Waals surface area (Å²) in [5.41, 5.74) is 8.12. The topological polar surface area (TPSA) is 179 Å². The number of carboxylic acids is 1. The first-order chi connectivity index (χ1) is 19.8. The fraction of sp³-hybridized carbons (Fsp3) is 0.345. The highest BCUT2D eigenvalue weighted by Crippen LogP contribution is 2.09. The molecular formula is C29H36N6O5S. The van der Waals surface area contributed by atoms with Crippen LogP contribution in [0.2, 0.25) is 0 Å². The second kappa shape index (κ2) is 16.2. The number of H-pyrrole nitrogens is 1. The number of aliphatic carboxylic acids is 1. The van der Waals surface area contributed by atoms with Crippen LogP contribution in [0.15, 0.2) is 73.2 Å². The Morgan fingerprint density at radius 1 is 0.829 bits per heavy atom. The average Bonchev–Trinajstić information content (AvgIpc) is 3.49. The van der Waals surface area contributed by atoms with Crippen LogP contribution in [0.4, 0.5) is 0 Å². The number of nitrogens with zero attached hydrogens (tertiary/aromatic N) is 1. The third kappa shape index (κ3) is 10.4. The van der Waals surface area contributed by atoms with Crippen molar-refractivity contribution in [2.75, 3.05) is 12.0 Å². The van der Waals surface area contributed by atoms with Gasteiger partial charge < -0.3 is 31.8 Å². The lowest BCUT2D eigenvalue weighted by Gasteiger charge is -2.25. The normalized spacial score (nSPS) is 13.8. The van der Waals surface area contributed by atoms with Crippen molar-refractivity contribution in [2.24, 2.45) is 5.73 Å². The van der Waals surface area contributed by atoms with Gasteiger partial charge in [-0.3, -0.25) is 14.4 Å². The van der Waals surface area contributed by atoms with Gasteiger partial charge in [0.2, 0.25) is 17.7 Å². The maximum atomic E-state index is 13.6. The summed E-state index contributed by atoms with van der Waals surface area (Å²) < 4.78 is 0. The van der Waals surface area contributed by atoms with E-state index < -0.39 is 47.9 Å². The maximum absolute atomic E-state index is 13.6. The summed E-state index contributed by atoms with van der Waals surface area (Å²) in [6.07, 6.45) is 5.59. The second-order valence-corrected chi connectivity index (χ2v) is 10.6. The van der Waals surface area contributed by atoms with E-state index in [1.807, 2.05) is 18.4 Å². The van der Waals surface area contributed by atoms with Crippen molar-refractivity contribution in [3.8, 4) is 0 Å². The van der Waals surface area contributed by atoms with E-state index in [4.69, 9.17) is 5.73 Å². The molecule has 2 aromatic carbocycles. The minimum atomic E-state index is -1.21. The molecule has 0 saturated carbocycles. The molecule has 0 aliphatic heterocycles. The number of amides is 3. The molecule has 0 saturated heterocycles. The molecule has 0 fully saturated rings. The molecule has 0 radical (unpaired) electrons. The smallest absolute Gasteiger partial charge is 0.326 e. The highest BCUT2D eigenvalue weighted by molar-refractivity contribution is 7.98. The summed E-state index contributed by atoms with van der Waals surface area (Å²) in [5.74, 6) is -2.28. The van der Waals surface area contributed by atoms with Crippen molar-refractivity contribution in [3.63, 3.8) is 0 Å². The van der Waals surface area contributed by atoms with Gasteiger partial charge in [-0.2, -0.15) is 11.8 Å². The largest absolute Gasteiger partial charge is 0.480 e. The number of carbonyl (C=O) groups excluding carboxylic acids is 3. The van der Waals surface area contributed by atoms with Crippen LogP contribution in [-0.2, 0) is 38.4 Å². The number of benzene rings is 2. The number of nitrogens with two attached hydrogens (primary N) is 1. The van der Waals surface area contributed by atoms with Crippen LogP contribution in [0.1, 0.15) is 23.2 Å². The molecular weight excluding hydrogens is 544 g/mol. The van der Waals surface area contributed by atoms with Crippen molar-refractivity contribution in [1.82, 2.24) is 25.9 Å². The molecule has 4 atom stereocenters. The van der Waals surface area contributed by atoms with Crippen molar-refractivity contribution >= 4 is 35.5 Å². The Morgan fingerprint density at radius 2 is 1.34 bits per heavy atom. The van der Waals surface area contributed by atoms with Crippen molar-refractivity contribution in [3.05, 3.63) is 90.0 Å². The molecule has 11 nitrogen and oxygen atoms in total. The lowest BCUT2D eigenvalue weighted by atomic mass is 10.0. The summed E-state index contributed by atoms with van der Waals surface area (Å²) in [6.45, 7) is 0. The van der Waals surface area contributed by atoms with E-state index in [1.54, 1.807) is 60.3 Å². The van der Waals surface area contributed by atoms with Gasteiger partial charge in [0.25, 0.3) is 0 Å². The molecule has 0 aliphatic carbocycles. The number of hydrogen-bond donors (Lipinski definition) is 6. The van der Waals surface area contributed by atoms with E-state index in [2.05, 4.69) is 25.9 Å². The van der Waals surface area contributed by atoms with Crippen LogP contribution in [0, 0.1) is 0 Å². The van der Waals surface area contributed by atoms with Crippen molar-refractivity contribution < 1.29 is 24.3 Å². The van der Waals surface area contributed by atoms with E-state index in [0.29, 0.717) is 17.9 Å². The van der Waals surface area contributed by atoms with Gasteiger partial charge in [0.05, 0.1) is 12.4 Å². The molecule has 0 bridgehead atoms. The first-order valence-electron chi connectivity index (χ1n) is 13.2. The lowest BCUT2D eigenvalue weighted by molar-refractivity contribution is -0.142. The fourth-order valence-electron chi connectivity index (χ4n) is 4.13. The standard InChI is InChI=1S/C29H36N6O5S/c1-41-13-12-22(30)26(36)33-24(16-21-17-31-18-32-21)28(38)34-23(14-19-8-4-2-5-9-19)27(37)35-25(29(39)40)15-20-10-6-3-7-11-20/h2-11,17-18,22-25H,12-16,30H2,1H3,(H,31,32)(H,33,36)(H,34,38)(H,35,37)(H,39,40). The van der Waals surface area contributed by atoms with E-state index in [0.717, 1.165) is 11.1 Å². The predicted octanol–water partition coefficient (Wildman–Crippen LogP) is 1.06. The molecule has 0 aliphatic rings. The highest BCUT2D eigenvalue weighted by Gasteiger charge is 2.31. The van der Waals surface area contributed by atoms with Crippen molar-refractivity contribution in [2.45, 2.75) is 49.9 Å². The van der Waals surface area contributed by atoms with Gasteiger partial charge in [0, 0.05) is 31.2 Å². The molecule has 41 heavy (non-hydrogen) atoms. The summed E-state index contributed by atoms with van der Waals surface area (Å²) in [4.78, 5) is 58.7. The number of hydrogen-bond acceptors (Lipinski definition) is 7. The number of rotatable bonds is 16. The third-order valence-corrected chi connectivity index (χ3v) is 7.04. The number of thioether (sulfide) groups is 1. The average molecular weight is 581 g/mol. The van der Waals surface area contributed by atoms with Crippen LogP contribution in [0.3, 0.4) is 0 Å². The number of carbonyl (C=O) groups is 4. The molecule has 3 rings (SSSR count). The van der Waals surface area contributed by atoms with E-state index in [1.165, 1.54) is 12.5 Å². The van der Waals surface area contributed by atoms with Gasteiger partial charge in [-0.05, 0) is 29.6 Å². The zero-order valence-corrected chi connectivity index (χ0v) is 23.6. The molecule has 3 amide bonds. The number of aromatic amines is 1. The molecule has 3 aromatic rings. The maximum Gasteiger partial charge on any atom is 0.326 e. The van der Waals surface area contributed by atoms with Gasteiger partial charge in [0.15, 0.2) is 0 Å². The molecule has 4 unspecified atom stereocenters. The zero-order chi connectivity index (χ0) is 29.6. The van der Waals surface area contributed by atoms with Crippen molar-refractivity contribution in [1.29, 1.82) is 0 Å². The number of aromatic nitrogens is 2. The Balaban J connectivity index is 1.80. The SMILES string of the molecule is CSCCC(N)C(=O)NC(Cc1cnc[nH]1)C(=O)NC(Cc1ccccc1)C(=O)NC(Cc1ccccc1)C(=O)O. The summed E-state index contributed by atoms with van der Waals surface area (Å²) in [7, 11) is 0. The molecule has 1 aromatic heterocycles. The summed E-state index contributed by atoms with van der Waals surface area (Å²) >= 11 is 1.56. The minimum Gasteiger partial charge on any atom is -0.480 e. The van der Waals surface area contributed by atoms with Crippen LogP contribution < -0.4 is 21.7 Å². The predicted molar refractivity (Wildman–Crippen MR) is 157 cm³/mol. The molecule has 1 heterocycles. The Labute approximate surface area is 243 Å². The molecule has 218 valence electrons. The van der Waals surface area contributed by atoms with Crippen LogP contribution in [-0.4, -0.2) is 74.9 Å². The second-order valence-electron chi connectivity index (χ2n) is 9.57. The van der Waals surface area contributed by atoms with Crippen LogP contribution >= 0.6 is 11.8 Å². The Morgan fingerprint density at radius 3 is 1.85 bits per heavy atom. The van der Waals surface area contributed by atoms with Gasteiger partial charge in [-0.15, -0.1) is 0 Å². The lowest BCUT2D eigenvalue weighted by Crippen LogP contribution is -2.58. The van der Waals surface area contributed by atoms with Gasteiger partial charge in [0.1, 0.15) is 18.1 Å². The van der Waals surface area contributed by atoms with Gasteiger partial charge >= 0.3 is 5.97 Å². The Hall–Kier alpha value is -4.16. The number of carboxylic acid groups (broad SMARTS) is 1. The van der Waals surface area contributed by atoms with Crippen LogP contribution in [0.5, 0.6) is 0 Å². The monoisotopic (exact) mass is 580 g/mol. The molecule has 7 N–H and O–H groups in total. The Kier molecular flexibility index (Phi) is 12.4. The fourth-order valence-corrected chi connectivity index (χ4v) is 4.62. The summed E-state index contributed by atoms with van der Waals surface area (Å²) in [6, 6.07) is 13.8. The molecule has 0 spiro atoms. The first kappa shape index (κ1) is 31.4. The highest BCUT2D eigenvalue weighted by atomic mass is 32.2. The molecule has 12 heteroatoms. The summed E-state index contributed by atoms with van der Waals surface area (Å²) in [5, 5.41) is 17.8. The minimum absolute atomic E-state index is 0.0698. The van der Waals surface area contributed by atoms with E-state index >= 15 is 0 Å². The van der Waals surface area contributed by atoms with Gasteiger partial charge in [-0.25, -0.2) is 9.78 Å². The number of nitrogens with one attached hydrogen (secondary N) is 4. The quantitative estimate of drug-likeness (QED) is 0.146. The number of imidazole rings is 1. The first-order valence-corrected chi connectivity index (χ1v) is 14.6. The van der Waals surface area contributed by atoms with E-state index in [-0.39, 0.29) is 19.3 Å². The zero-order valence-electron chi connectivity index (χ0n) is 22.8. The van der Waals surface area contributed by atoms with E-state index in [9.17, 15) is 24.3 Å².